The molecule has 1 fully saturated rings. The fourth-order valence-electron chi connectivity index (χ4n) is 5.79. The summed E-state index contributed by atoms with van der Waals surface area (Å²) in [4.78, 5) is 20.1. The molecule has 1 unspecified atom stereocenters. The van der Waals surface area contributed by atoms with Gasteiger partial charge >= 0.3 is 0 Å². The summed E-state index contributed by atoms with van der Waals surface area (Å²) in [5, 5.41) is 22.1. The number of benzene rings is 2. The number of carbonyl (C=O) groups excluding carboxylic acids is 1. The molecule has 212 valence electrons. The van der Waals surface area contributed by atoms with E-state index in [4.69, 9.17) is 4.98 Å². The molecule has 6 rings (SSSR count). The van der Waals surface area contributed by atoms with E-state index in [0.717, 1.165) is 27.9 Å². The van der Waals surface area contributed by atoms with Crippen molar-refractivity contribution in [1.29, 1.82) is 0 Å². The van der Waals surface area contributed by atoms with Crippen LogP contribution in [0.2, 0.25) is 0 Å². The van der Waals surface area contributed by atoms with Gasteiger partial charge in [0.05, 0.1) is 12.1 Å². The molecule has 2 aromatic carbocycles. The molecular weight excluding hydrogens is 519 g/mol. The first-order valence-corrected chi connectivity index (χ1v) is 14.1. The van der Waals surface area contributed by atoms with Crippen molar-refractivity contribution in [3.8, 4) is 22.5 Å². The van der Waals surface area contributed by atoms with Gasteiger partial charge in [0, 0.05) is 36.5 Å². The third-order valence-corrected chi connectivity index (χ3v) is 7.91. The number of halogens is 1. The van der Waals surface area contributed by atoms with Gasteiger partial charge in [0.2, 0.25) is 0 Å². The van der Waals surface area contributed by atoms with Crippen LogP contribution in [0.5, 0.6) is 0 Å². The third-order valence-electron chi connectivity index (χ3n) is 7.91. The van der Waals surface area contributed by atoms with E-state index >= 15 is 0 Å². The summed E-state index contributed by atoms with van der Waals surface area (Å²) in [6.45, 7) is 6.72. The Kier molecular flexibility index (Phi) is 6.95. The van der Waals surface area contributed by atoms with E-state index in [0.29, 0.717) is 48.2 Å². The summed E-state index contributed by atoms with van der Waals surface area (Å²) >= 11 is 0. The number of anilines is 1. The molecule has 8 nitrogen and oxygen atoms in total. The van der Waals surface area contributed by atoms with Gasteiger partial charge in [-0.05, 0) is 98.5 Å². The minimum absolute atomic E-state index is 0.112. The van der Waals surface area contributed by atoms with Crippen molar-refractivity contribution < 1.29 is 14.3 Å². The highest BCUT2D eigenvalue weighted by Crippen LogP contribution is 2.37. The zero-order valence-electron chi connectivity index (χ0n) is 23.9. The van der Waals surface area contributed by atoms with E-state index in [2.05, 4.69) is 15.5 Å². The maximum Gasteiger partial charge on any atom is 0.260 e. The topological polar surface area (TPSA) is 96.2 Å². The maximum absolute atomic E-state index is 14.2. The number of aliphatic hydroxyl groups is 1. The quantitative estimate of drug-likeness (QED) is 0.296. The Balaban J connectivity index is 1.25. The van der Waals surface area contributed by atoms with Crippen molar-refractivity contribution >= 4 is 11.7 Å². The number of carbonyl (C=O) groups is 1. The van der Waals surface area contributed by atoms with E-state index in [1.54, 1.807) is 21.9 Å². The number of aromatic nitrogens is 4. The molecule has 2 aromatic heterocycles. The molecule has 4 aromatic rings. The molecule has 1 saturated carbocycles. The smallest absolute Gasteiger partial charge is 0.260 e. The molecule has 3 heterocycles. The van der Waals surface area contributed by atoms with Gasteiger partial charge in [-0.15, -0.1) is 10.2 Å². The molecular formula is C32H35FN6O2. The highest BCUT2D eigenvalue weighted by atomic mass is 19.1. The van der Waals surface area contributed by atoms with Gasteiger partial charge in [-0.25, -0.2) is 9.37 Å². The Morgan fingerprint density at radius 1 is 1.10 bits per heavy atom. The summed E-state index contributed by atoms with van der Waals surface area (Å²) in [5.41, 5.74) is 4.88. The summed E-state index contributed by atoms with van der Waals surface area (Å²) in [6.07, 6.45) is 4.65. The fourth-order valence-corrected chi connectivity index (χ4v) is 5.79. The Morgan fingerprint density at radius 2 is 1.90 bits per heavy atom. The first-order valence-electron chi connectivity index (χ1n) is 14.1. The monoisotopic (exact) mass is 554 g/mol. The predicted octanol–water partition coefficient (Wildman–Crippen LogP) is 5.18. The maximum atomic E-state index is 14.2. The fraction of sp³-hybridized carbons (Fsp3) is 0.375. The summed E-state index contributed by atoms with van der Waals surface area (Å²) in [6, 6.07) is 14.6. The van der Waals surface area contributed by atoms with Gasteiger partial charge in [0.15, 0.2) is 5.82 Å². The average Bonchev–Trinajstić information content (AvgIpc) is 3.60. The van der Waals surface area contributed by atoms with E-state index < -0.39 is 5.60 Å². The van der Waals surface area contributed by atoms with Crippen LogP contribution < -0.4 is 10.2 Å². The summed E-state index contributed by atoms with van der Waals surface area (Å²) in [5.74, 6) is 1.29. The normalized spacial score (nSPS) is 15.9. The second kappa shape index (κ2) is 10.5. The third kappa shape index (κ3) is 5.78. The Morgan fingerprint density at radius 3 is 2.61 bits per heavy atom. The largest absolute Gasteiger partial charge is 0.390 e. The standard InChI is InChI=1S/C32H35FN6O2/c1-19-11-20(16-34-28(21-5-6-21)15-32(2,3)41)12-29(36-19)39-17-23-8-7-22(13-26(23)31(39)40)25-10-9-24(33)14-27(25)30-37-35-18-38(30)4/h7-14,18,21,28,34,41H,5-6,15-17H2,1-4H3. The first kappa shape index (κ1) is 27.2. The molecule has 9 heteroatoms. The van der Waals surface area contributed by atoms with Crippen molar-refractivity contribution in [3.05, 3.63) is 83.1 Å². The zero-order valence-corrected chi connectivity index (χ0v) is 23.9. The van der Waals surface area contributed by atoms with Gasteiger partial charge in [0.25, 0.3) is 5.91 Å². The highest BCUT2D eigenvalue weighted by molar-refractivity contribution is 6.10. The highest BCUT2D eigenvalue weighted by Gasteiger charge is 2.34. The van der Waals surface area contributed by atoms with E-state index in [9.17, 15) is 14.3 Å². The summed E-state index contributed by atoms with van der Waals surface area (Å²) in [7, 11) is 1.81. The number of aryl methyl sites for hydroxylation is 2. The van der Waals surface area contributed by atoms with Crippen molar-refractivity contribution in [2.24, 2.45) is 13.0 Å². The molecule has 1 aliphatic carbocycles. The van der Waals surface area contributed by atoms with E-state index in [-0.39, 0.29) is 17.8 Å². The lowest BCUT2D eigenvalue weighted by Gasteiger charge is -2.26. The predicted molar refractivity (Wildman–Crippen MR) is 156 cm³/mol. The molecule has 41 heavy (non-hydrogen) atoms. The van der Waals surface area contributed by atoms with Crippen molar-refractivity contribution in [3.63, 3.8) is 0 Å². The van der Waals surface area contributed by atoms with Crippen molar-refractivity contribution in [2.45, 2.75) is 64.8 Å². The molecule has 2 N–H and O–H groups in total. The van der Waals surface area contributed by atoms with Crippen molar-refractivity contribution in [2.75, 3.05) is 4.90 Å². The lowest BCUT2D eigenvalue weighted by molar-refractivity contribution is 0.0559. The molecule has 1 amide bonds. The van der Waals surface area contributed by atoms with Crippen LogP contribution in [0.4, 0.5) is 10.2 Å². The van der Waals surface area contributed by atoms with Crippen LogP contribution in [0, 0.1) is 18.7 Å². The van der Waals surface area contributed by atoms with Gasteiger partial charge < -0.3 is 15.0 Å². The van der Waals surface area contributed by atoms with Crippen LogP contribution in [-0.4, -0.2) is 42.4 Å². The molecule has 0 radical (unpaired) electrons. The first-order chi connectivity index (χ1) is 19.6. The van der Waals surface area contributed by atoms with Crippen LogP contribution in [0.25, 0.3) is 22.5 Å². The van der Waals surface area contributed by atoms with Gasteiger partial charge in [-0.3, -0.25) is 9.69 Å². The van der Waals surface area contributed by atoms with Gasteiger partial charge in [0.1, 0.15) is 18.0 Å². The van der Waals surface area contributed by atoms with Crippen LogP contribution in [0.3, 0.4) is 0 Å². The zero-order chi connectivity index (χ0) is 28.9. The minimum atomic E-state index is -0.727. The Bertz CT molecular complexity index is 1620. The second-order valence-corrected chi connectivity index (χ2v) is 12.0. The number of pyridine rings is 1. The number of amides is 1. The SMILES string of the molecule is Cc1cc(CNC(CC(C)(C)O)C2CC2)cc(N2Cc3ccc(-c4ccc(F)cc4-c4nncn4C)cc3C2=O)n1. The molecule has 1 atom stereocenters. The Hall–Kier alpha value is -3.95. The number of nitrogens with one attached hydrogen (secondary N) is 1. The lowest BCUT2D eigenvalue weighted by Crippen LogP contribution is -2.37. The molecule has 1 aliphatic heterocycles. The van der Waals surface area contributed by atoms with Crippen LogP contribution in [-0.2, 0) is 20.1 Å². The van der Waals surface area contributed by atoms with Gasteiger partial charge in [-0.2, -0.15) is 0 Å². The van der Waals surface area contributed by atoms with Crippen molar-refractivity contribution in [1.82, 2.24) is 25.1 Å². The van der Waals surface area contributed by atoms with E-state index in [1.807, 2.05) is 58.2 Å². The molecule has 2 aliphatic rings. The lowest BCUT2D eigenvalue weighted by atomic mass is 9.96. The van der Waals surface area contributed by atoms with Gasteiger partial charge in [-0.1, -0.05) is 18.2 Å². The number of rotatable bonds is 9. The average molecular weight is 555 g/mol. The number of nitrogens with zero attached hydrogens (tertiary/aromatic N) is 5. The molecule has 0 saturated heterocycles. The minimum Gasteiger partial charge on any atom is -0.390 e. The van der Waals surface area contributed by atoms with Crippen LogP contribution in [0.15, 0.2) is 54.9 Å². The summed E-state index contributed by atoms with van der Waals surface area (Å²) < 4.78 is 16.0. The van der Waals surface area contributed by atoms with Crippen LogP contribution in [0.1, 0.15) is 60.3 Å². The number of fused-ring (bicyclic) bond motifs is 1. The number of hydrogen-bond donors (Lipinski definition) is 2. The van der Waals surface area contributed by atoms with Crippen LogP contribution >= 0.6 is 0 Å². The molecule has 0 spiro atoms. The number of hydrogen-bond acceptors (Lipinski definition) is 6. The Labute approximate surface area is 239 Å². The van der Waals surface area contributed by atoms with E-state index in [1.165, 1.54) is 25.0 Å². The second-order valence-electron chi connectivity index (χ2n) is 12.0. The molecule has 0 bridgehead atoms.